The molecule has 0 saturated carbocycles. The Labute approximate surface area is 131 Å². The van der Waals surface area contributed by atoms with E-state index in [1.165, 1.54) is 18.2 Å². The highest BCUT2D eigenvalue weighted by Gasteiger charge is 2.08. The van der Waals surface area contributed by atoms with Crippen molar-refractivity contribution >= 4 is 22.9 Å². The second-order valence-electron chi connectivity index (χ2n) is 5.18. The molecule has 0 radical (unpaired) electrons. The zero-order chi connectivity index (χ0) is 16.4. The number of fused-ring (bicyclic) bond motifs is 1. The lowest BCUT2D eigenvalue weighted by molar-refractivity contribution is -0.131. The fourth-order valence-electron chi connectivity index (χ4n) is 2.60. The Bertz CT molecular complexity index is 892. The number of rotatable bonds is 4. The summed E-state index contributed by atoms with van der Waals surface area (Å²) in [4.78, 5) is 10.7. The maximum Gasteiger partial charge on any atom is 0.328 e. The van der Waals surface area contributed by atoms with E-state index in [0.29, 0.717) is 5.56 Å². The van der Waals surface area contributed by atoms with Gasteiger partial charge in [0, 0.05) is 41.4 Å². The third-order valence-electron chi connectivity index (χ3n) is 3.50. The van der Waals surface area contributed by atoms with Crippen molar-refractivity contribution in [3.63, 3.8) is 0 Å². The predicted molar refractivity (Wildman–Crippen MR) is 84.1 cm³/mol. The van der Waals surface area contributed by atoms with Crippen LogP contribution in [-0.2, 0) is 11.3 Å². The number of hydrogen-bond donors (Lipinski definition) is 1. The van der Waals surface area contributed by atoms with Gasteiger partial charge >= 0.3 is 5.97 Å². The highest BCUT2D eigenvalue weighted by molar-refractivity contribution is 5.93. The first kappa shape index (κ1) is 15.0. The average Bonchev–Trinajstić information content (AvgIpc) is 2.82. The average molecular weight is 313 g/mol. The number of aromatic nitrogens is 1. The van der Waals surface area contributed by atoms with E-state index in [2.05, 4.69) is 0 Å². The van der Waals surface area contributed by atoms with Crippen LogP contribution in [0.4, 0.5) is 8.78 Å². The largest absolute Gasteiger partial charge is 0.478 e. The zero-order valence-corrected chi connectivity index (χ0v) is 12.0. The molecule has 1 N–H and O–H groups in total. The van der Waals surface area contributed by atoms with Crippen LogP contribution in [0.15, 0.2) is 54.7 Å². The summed E-state index contributed by atoms with van der Waals surface area (Å²) in [6.07, 6.45) is 4.34. The van der Waals surface area contributed by atoms with Gasteiger partial charge in [-0.15, -0.1) is 0 Å². The second-order valence-corrected chi connectivity index (χ2v) is 5.18. The first-order chi connectivity index (χ1) is 11.0. The molecule has 0 aliphatic rings. The molecule has 0 atom stereocenters. The lowest BCUT2D eigenvalue weighted by atomic mass is 10.1. The van der Waals surface area contributed by atoms with Gasteiger partial charge in [-0.2, -0.15) is 0 Å². The lowest BCUT2D eigenvalue weighted by Gasteiger charge is -2.06. The first-order valence-corrected chi connectivity index (χ1v) is 6.97. The summed E-state index contributed by atoms with van der Waals surface area (Å²) in [7, 11) is 0. The maximum absolute atomic E-state index is 13.3. The summed E-state index contributed by atoms with van der Waals surface area (Å²) in [5.74, 6) is -2.28. The molecule has 3 nitrogen and oxygen atoms in total. The number of benzene rings is 2. The minimum atomic E-state index is -1.03. The summed E-state index contributed by atoms with van der Waals surface area (Å²) in [5.41, 5.74) is 2.10. The molecule has 1 heterocycles. The van der Waals surface area contributed by atoms with Crippen molar-refractivity contribution in [3.05, 3.63) is 77.5 Å². The van der Waals surface area contributed by atoms with Crippen LogP contribution in [0.5, 0.6) is 0 Å². The molecule has 0 aliphatic heterocycles. The monoisotopic (exact) mass is 313 g/mol. The number of hydrogen-bond acceptors (Lipinski definition) is 1. The molecule has 0 amide bonds. The van der Waals surface area contributed by atoms with Gasteiger partial charge in [0.25, 0.3) is 0 Å². The smallest absolute Gasteiger partial charge is 0.328 e. The highest BCUT2D eigenvalue weighted by atomic mass is 19.1. The molecule has 0 unspecified atom stereocenters. The van der Waals surface area contributed by atoms with Crippen LogP contribution in [0.2, 0.25) is 0 Å². The molecule has 0 aliphatic carbocycles. The third-order valence-corrected chi connectivity index (χ3v) is 3.50. The fraction of sp³-hybridized carbons (Fsp3) is 0.0556. The van der Waals surface area contributed by atoms with Crippen LogP contribution in [-0.4, -0.2) is 15.6 Å². The van der Waals surface area contributed by atoms with Gasteiger partial charge in [0.1, 0.15) is 11.6 Å². The summed E-state index contributed by atoms with van der Waals surface area (Å²) in [6, 6.07) is 10.9. The van der Waals surface area contributed by atoms with Crippen LogP contribution in [0.25, 0.3) is 17.0 Å². The van der Waals surface area contributed by atoms with Gasteiger partial charge in [-0.25, -0.2) is 13.6 Å². The van der Waals surface area contributed by atoms with Crippen molar-refractivity contribution in [1.82, 2.24) is 4.57 Å². The normalized spacial score (nSPS) is 11.4. The van der Waals surface area contributed by atoms with Gasteiger partial charge in [-0.05, 0) is 29.8 Å². The van der Waals surface area contributed by atoms with Crippen LogP contribution in [0.3, 0.4) is 0 Å². The van der Waals surface area contributed by atoms with Gasteiger partial charge in [-0.3, -0.25) is 0 Å². The Morgan fingerprint density at radius 2 is 1.83 bits per heavy atom. The first-order valence-electron chi connectivity index (χ1n) is 6.97. The van der Waals surface area contributed by atoms with Crippen molar-refractivity contribution in [2.24, 2.45) is 0 Å². The summed E-state index contributed by atoms with van der Waals surface area (Å²) >= 11 is 0. The number of para-hydroxylation sites is 1. The summed E-state index contributed by atoms with van der Waals surface area (Å²) in [5, 5.41) is 9.65. The van der Waals surface area contributed by atoms with Gasteiger partial charge in [-0.1, -0.05) is 18.2 Å². The maximum atomic E-state index is 13.3. The van der Waals surface area contributed by atoms with Crippen LogP contribution >= 0.6 is 0 Å². The Hall–Kier alpha value is -2.95. The lowest BCUT2D eigenvalue weighted by Crippen LogP contribution is -1.99. The molecule has 0 spiro atoms. The van der Waals surface area contributed by atoms with E-state index >= 15 is 0 Å². The van der Waals surface area contributed by atoms with E-state index < -0.39 is 17.6 Å². The van der Waals surface area contributed by atoms with Crippen LogP contribution in [0.1, 0.15) is 11.1 Å². The van der Waals surface area contributed by atoms with E-state index in [-0.39, 0.29) is 6.54 Å². The molecule has 3 rings (SSSR count). The van der Waals surface area contributed by atoms with E-state index in [0.717, 1.165) is 28.6 Å². The van der Waals surface area contributed by atoms with Crippen molar-refractivity contribution < 1.29 is 18.7 Å². The molecule has 2 aromatic carbocycles. The topological polar surface area (TPSA) is 42.2 Å². The zero-order valence-electron chi connectivity index (χ0n) is 12.0. The number of halogens is 2. The molecule has 5 heteroatoms. The molecule has 0 bridgehead atoms. The van der Waals surface area contributed by atoms with Crippen molar-refractivity contribution in [3.8, 4) is 0 Å². The van der Waals surface area contributed by atoms with Gasteiger partial charge < -0.3 is 9.67 Å². The summed E-state index contributed by atoms with van der Waals surface area (Å²) < 4.78 is 28.5. The van der Waals surface area contributed by atoms with E-state index in [9.17, 15) is 13.6 Å². The minimum Gasteiger partial charge on any atom is -0.478 e. The molecule has 23 heavy (non-hydrogen) atoms. The van der Waals surface area contributed by atoms with Crippen molar-refractivity contribution in [1.29, 1.82) is 0 Å². The van der Waals surface area contributed by atoms with E-state index in [1.54, 1.807) is 6.20 Å². The molecule has 1 aromatic heterocycles. The number of carboxylic acid groups (broad SMARTS) is 1. The molecular formula is C18H13F2NO2. The predicted octanol–water partition coefficient (Wildman–Crippen LogP) is 4.07. The number of aliphatic carboxylic acids is 1. The number of carbonyl (C=O) groups is 1. The quantitative estimate of drug-likeness (QED) is 0.738. The third kappa shape index (κ3) is 3.29. The van der Waals surface area contributed by atoms with Gasteiger partial charge in [0.15, 0.2) is 0 Å². The standard InChI is InChI=1S/C18H13F2NO2/c19-14-7-12(8-15(20)9-14)10-21-11-13(5-6-18(22)23)16-3-1-2-4-17(16)21/h1-9,11H,10H2,(H,22,23)/b6-5-. The number of carboxylic acids is 1. The van der Waals surface area contributed by atoms with Gasteiger partial charge in [0.2, 0.25) is 0 Å². The van der Waals surface area contributed by atoms with Gasteiger partial charge in [0.05, 0.1) is 0 Å². The van der Waals surface area contributed by atoms with Crippen LogP contribution in [0, 0.1) is 11.6 Å². The molecule has 0 fully saturated rings. The van der Waals surface area contributed by atoms with Crippen LogP contribution < -0.4 is 0 Å². The van der Waals surface area contributed by atoms with Crippen molar-refractivity contribution in [2.75, 3.05) is 0 Å². The Morgan fingerprint density at radius 3 is 2.52 bits per heavy atom. The molecule has 116 valence electrons. The molecule has 3 aromatic rings. The van der Waals surface area contributed by atoms with E-state index in [1.807, 2.05) is 28.8 Å². The minimum absolute atomic E-state index is 0.288. The Kier molecular flexibility index (Phi) is 3.93. The molecule has 0 saturated heterocycles. The van der Waals surface area contributed by atoms with Crippen molar-refractivity contribution in [2.45, 2.75) is 6.54 Å². The fourth-order valence-corrected chi connectivity index (χ4v) is 2.60. The Balaban J connectivity index is 2.05. The molecular weight excluding hydrogens is 300 g/mol. The summed E-state index contributed by atoms with van der Waals surface area (Å²) in [6.45, 7) is 0.288. The highest BCUT2D eigenvalue weighted by Crippen LogP contribution is 2.24. The Morgan fingerprint density at radius 1 is 1.13 bits per heavy atom. The van der Waals surface area contributed by atoms with E-state index in [4.69, 9.17) is 5.11 Å². The second kappa shape index (κ2) is 6.04. The SMILES string of the molecule is O=C(O)/C=C\c1cn(Cc2cc(F)cc(F)c2)c2ccccc12. The number of nitrogens with zero attached hydrogens (tertiary/aromatic N) is 1.